The molecule has 0 saturated carbocycles. The number of aliphatic hydroxyl groups is 1. The van der Waals surface area contributed by atoms with Gasteiger partial charge in [-0.05, 0) is 24.1 Å². The topological polar surface area (TPSA) is 59.2 Å². The van der Waals surface area contributed by atoms with Crippen LogP contribution in [0.25, 0.3) is 0 Å². The Labute approximate surface area is 127 Å². The third-order valence-corrected chi connectivity index (χ3v) is 3.82. The third kappa shape index (κ3) is 3.51. The molecule has 108 valence electrons. The minimum Gasteiger partial charge on any atom is -0.392 e. The lowest BCUT2D eigenvalue weighted by Gasteiger charge is -2.11. The number of halogens is 2. The molecular formula is C14H16Cl2N2O2. The SMILES string of the molecule is CCC(O)C(C)c1nc(Cc2ccc(Cl)cc2Cl)no1. The molecule has 0 aliphatic rings. The Kier molecular flexibility index (Phi) is 5.02. The molecule has 0 aliphatic heterocycles. The molecular weight excluding hydrogens is 299 g/mol. The summed E-state index contributed by atoms with van der Waals surface area (Å²) in [6, 6.07) is 5.29. The van der Waals surface area contributed by atoms with Crippen molar-refractivity contribution in [1.82, 2.24) is 10.1 Å². The highest BCUT2D eigenvalue weighted by molar-refractivity contribution is 6.35. The maximum Gasteiger partial charge on any atom is 0.232 e. The monoisotopic (exact) mass is 314 g/mol. The van der Waals surface area contributed by atoms with Gasteiger partial charge in [0.25, 0.3) is 0 Å². The highest BCUT2D eigenvalue weighted by atomic mass is 35.5. The number of nitrogens with zero attached hydrogens (tertiary/aromatic N) is 2. The molecule has 1 aromatic carbocycles. The highest BCUT2D eigenvalue weighted by Gasteiger charge is 2.21. The Balaban J connectivity index is 2.13. The number of hydrogen-bond acceptors (Lipinski definition) is 4. The Hall–Kier alpha value is -1.10. The fourth-order valence-corrected chi connectivity index (χ4v) is 2.35. The molecule has 2 aromatic rings. The summed E-state index contributed by atoms with van der Waals surface area (Å²) in [6.45, 7) is 3.77. The predicted octanol–water partition coefficient (Wildman–Crippen LogP) is 3.84. The van der Waals surface area contributed by atoms with Gasteiger partial charge < -0.3 is 9.63 Å². The molecule has 0 bridgehead atoms. The molecule has 0 spiro atoms. The first-order valence-corrected chi connectivity index (χ1v) is 7.21. The molecule has 1 heterocycles. The predicted molar refractivity (Wildman–Crippen MR) is 78.3 cm³/mol. The van der Waals surface area contributed by atoms with E-state index >= 15 is 0 Å². The van der Waals surface area contributed by atoms with Crippen molar-refractivity contribution in [3.05, 3.63) is 45.5 Å². The van der Waals surface area contributed by atoms with Crippen molar-refractivity contribution < 1.29 is 9.63 Å². The first-order chi connectivity index (χ1) is 9.51. The number of rotatable bonds is 5. The number of benzene rings is 1. The van der Waals surface area contributed by atoms with Gasteiger partial charge in [0.1, 0.15) is 0 Å². The van der Waals surface area contributed by atoms with Crippen LogP contribution in [0.4, 0.5) is 0 Å². The summed E-state index contributed by atoms with van der Waals surface area (Å²) in [6.07, 6.45) is 0.624. The molecule has 2 atom stereocenters. The molecule has 2 rings (SSSR count). The van der Waals surface area contributed by atoms with Gasteiger partial charge in [-0.1, -0.05) is 48.3 Å². The average Bonchev–Trinajstić information content (AvgIpc) is 2.88. The fraction of sp³-hybridized carbons (Fsp3) is 0.429. The van der Waals surface area contributed by atoms with Gasteiger partial charge in [-0.3, -0.25) is 0 Å². The minimum atomic E-state index is -0.484. The zero-order chi connectivity index (χ0) is 14.7. The normalized spacial score (nSPS) is 14.2. The minimum absolute atomic E-state index is 0.179. The summed E-state index contributed by atoms with van der Waals surface area (Å²) >= 11 is 12.0. The highest BCUT2D eigenvalue weighted by Crippen LogP contribution is 2.24. The first-order valence-electron chi connectivity index (χ1n) is 6.45. The van der Waals surface area contributed by atoms with E-state index in [0.29, 0.717) is 34.6 Å². The Morgan fingerprint density at radius 3 is 2.75 bits per heavy atom. The van der Waals surface area contributed by atoms with E-state index in [4.69, 9.17) is 27.7 Å². The summed E-state index contributed by atoms with van der Waals surface area (Å²) < 4.78 is 5.19. The molecule has 20 heavy (non-hydrogen) atoms. The maximum atomic E-state index is 9.79. The second-order valence-electron chi connectivity index (χ2n) is 4.73. The van der Waals surface area contributed by atoms with Crippen LogP contribution in [0.2, 0.25) is 10.0 Å². The molecule has 0 fully saturated rings. The number of hydrogen-bond donors (Lipinski definition) is 1. The van der Waals surface area contributed by atoms with E-state index in [9.17, 15) is 5.11 Å². The first kappa shape index (κ1) is 15.3. The fourth-order valence-electron chi connectivity index (χ4n) is 1.88. The second-order valence-corrected chi connectivity index (χ2v) is 5.57. The van der Waals surface area contributed by atoms with Gasteiger partial charge in [-0.25, -0.2) is 0 Å². The molecule has 2 unspecified atom stereocenters. The van der Waals surface area contributed by atoms with E-state index in [-0.39, 0.29) is 5.92 Å². The summed E-state index contributed by atoms with van der Waals surface area (Å²) in [5.41, 5.74) is 0.882. The standard InChI is InChI=1S/C14H16Cl2N2O2/c1-3-12(19)8(2)14-17-13(18-20-14)6-9-4-5-10(15)7-11(9)16/h4-5,7-8,12,19H,3,6H2,1-2H3. The average molecular weight is 315 g/mol. The quantitative estimate of drug-likeness (QED) is 0.910. The van der Waals surface area contributed by atoms with Crippen molar-refractivity contribution in [3.8, 4) is 0 Å². The van der Waals surface area contributed by atoms with Crippen LogP contribution in [-0.2, 0) is 6.42 Å². The number of aromatic nitrogens is 2. The Morgan fingerprint density at radius 1 is 1.35 bits per heavy atom. The van der Waals surface area contributed by atoms with Crippen LogP contribution in [0.3, 0.4) is 0 Å². The van der Waals surface area contributed by atoms with Crippen LogP contribution in [0.15, 0.2) is 22.7 Å². The van der Waals surface area contributed by atoms with Crippen molar-refractivity contribution in [2.45, 2.75) is 38.7 Å². The molecule has 6 heteroatoms. The molecule has 0 aliphatic carbocycles. The maximum absolute atomic E-state index is 9.79. The van der Waals surface area contributed by atoms with Gasteiger partial charge in [0, 0.05) is 16.5 Å². The van der Waals surface area contributed by atoms with Gasteiger partial charge in [0.05, 0.1) is 12.0 Å². The van der Waals surface area contributed by atoms with Gasteiger partial charge in [-0.2, -0.15) is 4.98 Å². The Bertz CT molecular complexity index is 586. The van der Waals surface area contributed by atoms with E-state index in [1.807, 2.05) is 19.9 Å². The second kappa shape index (κ2) is 6.57. The lowest BCUT2D eigenvalue weighted by molar-refractivity contribution is 0.129. The van der Waals surface area contributed by atoms with Crippen LogP contribution >= 0.6 is 23.2 Å². The van der Waals surface area contributed by atoms with Crippen LogP contribution in [0, 0.1) is 0 Å². The van der Waals surface area contributed by atoms with Crippen LogP contribution in [-0.4, -0.2) is 21.4 Å². The molecule has 1 aromatic heterocycles. The zero-order valence-electron chi connectivity index (χ0n) is 11.3. The molecule has 0 saturated heterocycles. The summed E-state index contributed by atoms with van der Waals surface area (Å²) in [4.78, 5) is 4.31. The molecule has 0 radical (unpaired) electrons. The summed E-state index contributed by atoms with van der Waals surface area (Å²) in [5.74, 6) is 0.806. The van der Waals surface area contributed by atoms with Gasteiger partial charge in [0.2, 0.25) is 5.89 Å². The molecule has 1 N–H and O–H groups in total. The van der Waals surface area contributed by atoms with E-state index in [2.05, 4.69) is 10.1 Å². The van der Waals surface area contributed by atoms with Gasteiger partial charge >= 0.3 is 0 Å². The third-order valence-electron chi connectivity index (χ3n) is 3.23. The van der Waals surface area contributed by atoms with Crippen molar-refractivity contribution in [3.63, 3.8) is 0 Å². The van der Waals surface area contributed by atoms with E-state index in [1.165, 1.54) is 0 Å². The van der Waals surface area contributed by atoms with Gasteiger partial charge in [-0.15, -0.1) is 0 Å². The lowest BCUT2D eigenvalue weighted by Crippen LogP contribution is -2.14. The van der Waals surface area contributed by atoms with Crippen molar-refractivity contribution in [2.75, 3.05) is 0 Å². The van der Waals surface area contributed by atoms with Crippen LogP contribution in [0.5, 0.6) is 0 Å². The number of aliphatic hydroxyl groups excluding tert-OH is 1. The van der Waals surface area contributed by atoms with Crippen molar-refractivity contribution in [2.24, 2.45) is 0 Å². The van der Waals surface area contributed by atoms with Crippen LogP contribution < -0.4 is 0 Å². The molecule has 4 nitrogen and oxygen atoms in total. The summed E-state index contributed by atoms with van der Waals surface area (Å²) in [7, 11) is 0. The summed E-state index contributed by atoms with van der Waals surface area (Å²) in [5, 5.41) is 14.9. The van der Waals surface area contributed by atoms with Crippen molar-refractivity contribution >= 4 is 23.2 Å². The Morgan fingerprint density at radius 2 is 2.10 bits per heavy atom. The van der Waals surface area contributed by atoms with Crippen LogP contribution in [0.1, 0.15) is 43.5 Å². The largest absolute Gasteiger partial charge is 0.392 e. The zero-order valence-corrected chi connectivity index (χ0v) is 12.8. The van der Waals surface area contributed by atoms with E-state index in [1.54, 1.807) is 12.1 Å². The van der Waals surface area contributed by atoms with Gasteiger partial charge in [0.15, 0.2) is 5.82 Å². The van der Waals surface area contributed by atoms with E-state index in [0.717, 1.165) is 5.56 Å². The smallest absolute Gasteiger partial charge is 0.232 e. The van der Waals surface area contributed by atoms with Crippen molar-refractivity contribution in [1.29, 1.82) is 0 Å². The lowest BCUT2D eigenvalue weighted by atomic mass is 10.0. The van der Waals surface area contributed by atoms with E-state index < -0.39 is 6.10 Å². The molecule has 0 amide bonds.